The van der Waals surface area contributed by atoms with E-state index in [0.29, 0.717) is 18.8 Å². The lowest BCUT2D eigenvalue weighted by Gasteiger charge is -2.30. The number of benzene rings is 1. The van der Waals surface area contributed by atoms with Crippen molar-refractivity contribution >= 4 is 5.69 Å². The summed E-state index contributed by atoms with van der Waals surface area (Å²) in [5, 5.41) is 16.3. The zero-order chi connectivity index (χ0) is 21.7. The van der Waals surface area contributed by atoms with Crippen LogP contribution in [0.2, 0.25) is 0 Å². The van der Waals surface area contributed by atoms with Crippen LogP contribution in [0.25, 0.3) is 0 Å². The average Bonchev–Trinajstić information content (AvgIpc) is 3.06. The minimum atomic E-state index is -4.62. The fraction of sp³-hybridized carbons (Fsp3) is 0.550. The van der Waals surface area contributed by atoms with Crippen LogP contribution in [0.4, 0.5) is 23.2 Å². The van der Waals surface area contributed by atoms with E-state index < -0.39 is 23.9 Å². The third-order valence-corrected chi connectivity index (χ3v) is 5.36. The Bertz CT molecular complexity index is 818. The van der Waals surface area contributed by atoms with Gasteiger partial charge >= 0.3 is 6.18 Å². The number of alkyl halides is 3. The lowest BCUT2D eigenvalue weighted by Crippen LogP contribution is -2.37. The normalized spacial score (nSPS) is 17.3. The number of likely N-dealkylation sites (tertiary alicyclic amines) is 1. The molecule has 1 aliphatic heterocycles. The lowest BCUT2D eigenvalue weighted by atomic mass is 10.1. The van der Waals surface area contributed by atoms with Crippen LogP contribution in [0.15, 0.2) is 24.3 Å². The minimum absolute atomic E-state index is 0.00769. The number of aliphatic hydroxyl groups excluding tert-OH is 1. The third kappa shape index (κ3) is 5.93. The maximum atomic E-state index is 14.3. The first-order chi connectivity index (χ1) is 14.2. The standard InChI is InChI=1S/C20H27F4N5O/c21-16-6-5-15(25)11-14(16)13-29(10-9-28-7-3-1-2-4-8-28)19(30)17-12-18(27-26-17)20(22,23)24/h5-6,11-12,19,30H,1-4,7-10,13,25H2,(H,26,27). The van der Waals surface area contributed by atoms with Crippen molar-refractivity contribution in [1.82, 2.24) is 20.0 Å². The molecule has 30 heavy (non-hydrogen) atoms. The van der Waals surface area contributed by atoms with Crippen LogP contribution < -0.4 is 5.73 Å². The van der Waals surface area contributed by atoms with Crippen LogP contribution in [0.3, 0.4) is 0 Å². The highest BCUT2D eigenvalue weighted by molar-refractivity contribution is 5.41. The Balaban J connectivity index is 1.78. The molecule has 1 unspecified atom stereocenters. The number of rotatable bonds is 7. The minimum Gasteiger partial charge on any atom is -0.399 e. The molecule has 6 nitrogen and oxygen atoms in total. The van der Waals surface area contributed by atoms with Crippen molar-refractivity contribution in [3.05, 3.63) is 47.0 Å². The summed E-state index contributed by atoms with van der Waals surface area (Å²) in [6.45, 7) is 2.81. The van der Waals surface area contributed by atoms with Gasteiger partial charge in [-0.3, -0.25) is 10.00 Å². The van der Waals surface area contributed by atoms with Gasteiger partial charge in [-0.2, -0.15) is 18.3 Å². The molecule has 1 aromatic carbocycles. The molecule has 1 aliphatic rings. The Labute approximate surface area is 172 Å². The van der Waals surface area contributed by atoms with Crippen LogP contribution in [0.5, 0.6) is 0 Å². The van der Waals surface area contributed by atoms with Gasteiger partial charge in [-0.1, -0.05) is 12.8 Å². The number of hydrogen-bond donors (Lipinski definition) is 3. The second-order valence-electron chi connectivity index (χ2n) is 7.66. The maximum Gasteiger partial charge on any atom is 0.435 e. The van der Waals surface area contributed by atoms with E-state index in [2.05, 4.69) is 15.1 Å². The summed E-state index contributed by atoms with van der Waals surface area (Å²) < 4.78 is 52.9. The SMILES string of the molecule is Nc1ccc(F)c(CN(CCN2CCCCCC2)C(O)c2cc(C(F)(F)F)n[nH]2)c1. The Hall–Kier alpha value is -2.17. The number of nitrogens with one attached hydrogen (secondary N) is 1. The van der Waals surface area contributed by atoms with E-state index in [1.165, 1.54) is 35.9 Å². The molecule has 1 saturated heterocycles. The molecule has 0 bridgehead atoms. The first-order valence-electron chi connectivity index (χ1n) is 10.0. The molecule has 2 heterocycles. The summed E-state index contributed by atoms with van der Waals surface area (Å²) >= 11 is 0. The molecule has 0 aliphatic carbocycles. The summed E-state index contributed by atoms with van der Waals surface area (Å²) in [4.78, 5) is 3.78. The van der Waals surface area contributed by atoms with Crippen LogP contribution in [-0.2, 0) is 12.7 Å². The predicted molar refractivity (Wildman–Crippen MR) is 105 cm³/mol. The van der Waals surface area contributed by atoms with Crippen molar-refractivity contribution in [2.45, 2.75) is 44.6 Å². The monoisotopic (exact) mass is 429 g/mol. The molecule has 3 rings (SSSR count). The van der Waals surface area contributed by atoms with Crippen LogP contribution in [0, 0.1) is 5.82 Å². The second kappa shape index (κ2) is 9.76. The number of nitrogen functional groups attached to an aromatic ring is 1. The van der Waals surface area contributed by atoms with Gasteiger partial charge in [0.25, 0.3) is 0 Å². The summed E-state index contributed by atoms with van der Waals surface area (Å²) in [6.07, 6.45) is -1.51. The zero-order valence-electron chi connectivity index (χ0n) is 16.6. The Morgan fingerprint density at radius 3 is 2.50 bits per heavy atom. The van der Waals surface area contributed by atoms with E-state index in [9.17, 15) is 22.7 Å². The number of nitrogens with two attached hydrogens (primary N) is 1. The van der Waals surface area contributed by atoms with E-state index in [1.807, 2.05) is 0 Å². The first kappa shape index (κ1) is 22.5. The first-order valence-corrected chi connectivity index (χ1v) is 10.0. The summed E-state index contributed by atoms with van der Waals surface area (Å²) in [7, 11) is 0. The second-order valence-corrected chi connectivity index (χ2v) is 7.66. The fourth-order valence-corrected chi connectivity index (χ4v) is 3.66. The van der Waals surface area contributed by atoms with Crippen LogP contribution >= 0.6 is 0 Å². The van der Waals surface area contributed by atoms with Crippen molar-refractivity contribution in [3.63, 3.8) is 0 Å². The number of aliphatic hydroxyl groups is 1. The Kier molecular flexibility index (Phi) is 7.32. The molecule has 10 heteroatoms. The third-order valence-electron chi connectivity index (χ3n) is 5.36. The fourth-order valence-electron chi connectivity index (χ4n) is 3.66. The van der Waals surface area contributed by atoms with E-state index in [0.717, 1.165) is 32.0 Å². The molecule has 0 saturated carbocycles. The maximum absolute atomic E-state index is 14.3. The lowest BCUT2D eigenvalue weighted by molar-refractivity contribution is -0.141. The summed E-state index contributed by atoms with van der Waals surface area (Å²) in [5.74, 6) is -0.489. The Morgan fingerprint density at radius 2 is 1.87 bits per heavy atom. The molecule has 1 aromatic heterocycles. The van der Waals surface area contributed by atoms with Crippen molar-refractivity contribution in [3.8, 4) is 0 Å². The molecule has 1 atom stereocenters. The van der Waals surface area contributed by atoms with Gasteiger partial charge in [-0.25, -0.2) is 4.39 Å². The number of aromatic nitrogens is 2. The van der Waals surface area contributed by atoms with Gasteiger partial charge in [-0.15, -0.1) is 0 Å². The van der Waals surface area contributed by atoms with Gasteiger partial charge in [0, 0.05) is 30.9 Å². The van der Waals surface area contributed by atoms with E-state index in [4.69, 9.17) is 5.73 Å². The van der Waals surface area contributed by atoms with Crippen molar-refractivity contribution in [2.24, 2.45) is 0 Å². The van der Waals surface area contributed by atoms with E-state index in [-0.39, 0.29) is 17.8 Å². The zero-order valence-corrected chi connectivity index (χ0v) is 16.6. The van der Waals surface area contributed by atoms with Crippen LogP contribution in [0.1, 0.15) is 48.9 Å². The number of anilines is 1. The number of aromatic amines is 1. The highest BCUT2D eigenvalue weighted by atomic mass is 19.4. The molecule has 166 valence electrons. The number of hydrogen-bond acceptors (Lipinski definition) is 5. The summed E-state index contributed by atoms with van der Waals surface area (Å²) in [5.41, 5.74) is 5.18. The van der Waals surface area contributed by atoms with Crippen molar-refractivity contribution in [2.75, 3.05) is 31.9 Å². The van der Waals surface area contributed by atoms with Crippen molar-refractivity contribution < 1.29 is 22.7 Å². The summed E-state index contributed by atoms with van der Waals surface area (Å²) in [6, 6.07) is 4.91. The van der Waals surface area contributed by atoms with Gasteiger partial charge in [0.1, 0.15) is 12.0 Å². The number of H-pyrrole nitrogens is 1. The molecule has 0 amide bonds. The van der Waals surface area contributed by atoms with Gasteiger partial charge in [-0.05, 0) is 50.2 Å². The topological polar surface area (TPSA) is 81.4 Å². The molecule has 0 spiro atoms. The molecule has 4 N–H and O–H groups in total. The predicted octanol–water partition coefficient (Wildman–Crippen LogP) is 3.52. The average molecular weight is 429 g/mol. The molecule has 0 radical (unpaired) electrons. The molecular formula is C20H27F4N5O. The van der Waals surface area contributed by atoms with Crippen LogP contribution in [-0.4, -0.2) is 51.3 Å². The van der Waals surface area contributed by atoms with E-state index in [1.54, 1.807) is 0 Å². The molecule has 1 fully saturated rings. The van der Waals surface area contributed by atoms with Gasteiger partial charge in [0.15, 0.2) is 5.69 Å². The quantitative estimate of drug-likeness (QED) is 0.357. The van der Waals surface area contributed by atoms with Crippen molar-refractivity contribution in [1.29, 1.82) is 0 Å². The Morgan fingerprint density at radius 1 is 1.17 bits per heavy atom. The number of halogens is 4. The largest absolute Gasteiger partial charge is 0.435 e. The molecule has 2 aromatic rings. The van der Waals surface area contributed by atoms with Gasteiger partial charge in [0.05, 0.1) is 5.69 Å². The van der Waals surface area contributed by atoms with Gasteiger partial charge < -0.3 is 15.7 Å². The van der Waals surface area contributed by atoms with Gasteiger partial charge in [0.2, 0.25) is 0 Å². The highest BCUT2D eigenvalue weighted by Crippen LogP contribution is 2.30. The highest BCUT2D eigenvalue weighted by Gasteiger charge is 2.35. The number of nitrogens with zero attached hydrogens (tertiary/aromatic N) is 3. The molecular weight excluding hydrogens is 402 g/mol. The van der Waals surface area contributed by atoms with E-state index >= 15 is 0 Å². The smallest absolute Gasteiger partial charge is 0.399 e.